The predicted octanol–water partition coefficient (Wildman–Crippen LogP) is 7.98. The van der Waals surface area contributed by atoms with Gasteiger partial charge in [-0.3, -0.25) is 4.79 Å². The van der Waals surface area contributed by atoms with Gasteiger partial charge in [0.2, 0.25) is 0 Å². The summed E-state index contributed by atoms with van der Waals surface area (Å²) >= 11 is 0. The van der Waals surface area contributed by atoms with E-state index in [-0.39, 0.29) is 50.2 Å². The molecule has 50 heavy (non-hydrogen) atoms. The molecule has 0 spiro atoms. The van der Waals surface area contributed by atoms with Crippen molar-refractivity contribution in [2.75, 3.05) is 39.6 Å². The van der Waals surface area contributed by atoms with Gasteiger partial charge in [-0.1, -0.05) is 79.4 Å². The molecule has 3 atom stereocenters. The molecule has 0 N–H and O–H groups in total. The molecule has 0 aromatic heterocycles. The summed E-state index contributed by atoms with van der Waals surface area (Å²) in [7, 11) is 0. The first-order valence-electron chi connectivity index (χ1n) is 16.9. The van der Waals surface area contributed by atoms with E-state index in [0.29, 0.717) is 31.1 Å². The molecule has 0 saturated carbocycles. The number of fused-ring (bicyclic) bond motifs is 2. The summed E-state index contributed by atoms with van der Waals surface area (Å²) in [5.41, 5.74) is 4.84. The van der Waals surface area contributed by atoms with Crippen molar-refractivity contribution >= 4 is 22.7 Å². The summed E-state index contributed by atoms with van der Waals surface area (Å²) in [5, 5.41) is 1.79. The van der Waals surface area contributed by atoms with Gasteiger partial charge >= 0.3 is 11.9 Å². The average Bonchev–Trinajstić information content (AvgIpc) is 3.16. The molecule has 5 aromatic rings. The fraction of sp³-hybridized carbons (Fsp3) is 0.238. The van der Waals surface area contributed by atoms with Crippen molar-refractivity contribution in [2.24, 2.45) is 5.92 Å². The van der Waals surface area contributed by atoms with Crippen LogP contribution in [0.3, 0.4) is 0 Å². The molecular formula is C42H38O8. The first-order valence-corrected chi connectivity index (χ1v) is 16.9. The number of hydrogen-bond acceptors (Lipinski definition) is 8. The lowest BCUT2D eigenvalue weighted by atomic mass is 9.59. The third kappa shape index (κ3) is 7.07. The standard InChI is InChI=1S/C42H38O8/c1-2-40(43)48-23-21-45-20-22-46-38-18-19-39(32-14-8-7-13-31(32)38)47-24-25-49-42(44)37-27-36-30-12-6-9-15-33(30)41(37)34-17-16-29(26-35(34)36)50-28-10-4-3-5-11-28/h2-19,26,36-37,41H,1,20-25,27H2. The first kappa shape index (κ1) is 32.9. The van der Waals surface area contributed by atoms with Gasteiger partial charge in [0, 0.05) is 28.7 Å². The molecule has 0 fully saturated rings. The zero-order valence-electron chi connectivity index (χ0n) is 27.6. The Balaban J connectivity index is 0.957. The fourth-order valence-electron chi connectivity index (χ4n) is 7.05. The molecule has 3 unspecified atom stereocenters. The Hall–Kier alpha value is -5.60. The normalized spacial score (nSPS) is 16.9. The maximum Gasteiger partial charge on any atom is 0.330 e. The molecule has 2 bridgehead atoms. The van der Waals surface area contributed by atoms with Gasteiger partial charge in [-0.05, 0) is 65.1 Å². The number of esters is 2. The molecule has 8 nitrogen and oxygen atoms in total. The Morgan fingerprint density at radius 2 is 1.24 bits per heavy atom. The number of benzene rings is 5. The highest BCUT2D eigenvalue weighted by Gasteiger charge is 2.47. The molecule has 0 amide bonds. The van der Waals surface area contributed by atoms with E-state index in [9.17, 15) is 9.59 Å². The summed E-state index contributed by atoms with van der Waals surface area (Å²) in [6.07, 6.45) is 1.80. The molecule has 0 heterocycles. The number of hydrogen-bond donors (Lipinski definition) is 0. The molecule has 8 rings (SSSR count). The predicted molar refractivity (Wildman–Crippen MR) is 189 cm³/mol. The number of para-hydroxylation sites is 1. The molecule has 0 radical (unpaired) electrons. The first-order chi connectivity index (χ1) is 24.6. The monoisotopic (exact) mass is 670 g/mol. The van der Waals surface area contributed by atoms with Crippen molar-refractivity contribution in [3.8, 4) is 23.0 Å². The van der Waals surface area contributed by atoms with E-state index in [2.05, 4.69) is 36.9 Å². The molecule has 0 aliphatic heterocycles. The minimum Gasteiger partial charge on any atom is -0.491 e. The van der Waals surface area contributed by atoms with Gasteiger partial charge < -0.3 is 28.4 Å². The van der Waals surface area contributed by atoms with Crippen LogP contribution in [0.25, 0.3) is 10.8 Å². The van der Waals surface area contributed by atoms with E-state index >= 15 is 0 Å². The second-order valence-electron chi connectivity index (χ2n) is 12.2. The van der Waals surface area contributed by atoms with E-state index in [1.165, 1.54) is 16.7 Å². The maximum atomic E-state index is 13.7. The largest absolute Gasteiger partial charge is 0.491 e. The number of rotatable bonds is 15. The smallest absolute Gasteiger partial charge is 0.330 e. The molecule has 3 aliphatic carbocycles. The summed E-state index contributed by atoms with van der Waals surface area (Å²) in [6.45, 7) is 4.81. The van der Waals surface area contributed by atoms with E-state index < -0.39 is 5.97 Å². The van der Waals surface area contributed by atoms with Crippen LogP contribution < -0.4 is 14.2 Å². The van der Waals surface area contributed by atoms with Crippen molar-refractivity contribution in [2.45, 2.75) is 18.3 Å². The SMILES string of the molecule is C=CC(=O)OCCOCCOc1ccc(OCCOC(=O)C2CC3c4ccccc4C2c2ccc(Oc4ccccc4)cc23)c2ccccc12. The highest BCUT2D eigenvalue weighted by molar-refractivity contribution is 5.93. The van der Waals surface area contributed by atoms with Crippen LogP contribution in [0, 0.1) is 5.92 Å². The third-order valence-corrected chi connectivity index (χ3v) is 9.20. The van der Waals surface area contributed by atoms with Crippen LogP contribution in [0.2, 0.25) is 0 Å². The van der Waals surface area contributed by atoms with Gasteiger partial charge in [-0.15, -0.1) is 0 Å². The molecule has 8 heteroatoms. The lowest BCUT2D eigenvalue weighted by Gasteiger charge is -2.44. The van der Waals surface area contributed by atoms with Crippen LogP contribution in [-0.4, -0.2) is 51.6 Å². The second kappa shape index (κ2) is 15.3. The van der Waals surface area contributed by atoms with E-state index in [4.69, 9.17) is 28.4 Å². The lowest BCUT2D eigenvalue weighted by Crippen LogP contribution is -2.37. The van der Waals surface area contributed by atoms with Crippen molar-refractivity contribution in [3.05, 3.63) is 144 Å². The highest BCUT2D eigenvalue weighted by Crippen LogP contribution is 2.56. The van der Waals surface area contributed by atoms with E-state index in [0.717, 1.165) is 33.9 Å². The average molecular weight is 671 g/mol. The quantitative estimate of drug-likeness (QED) is 0.0630. The van der Waals surface area contributed by atoms with Gasteiger partial charge in [0.15, 0.2) is 0 Å². The Labute approximate surface area is 291 Å². The molecule has 3 aliphatic rings. The second-order valence-corrected chi connectivity index (χ2v) is 12.2. The maximum absolute atomic E-state index is 13.7. The van der Waals surface area contributed by atoms with E-state index in [1.54, 1.807) is 0 Å². The van der Waals surface area contributed by atoms with Crippen LogP contribution in [0.4, 0.5) is 0 Å². The Bertz CT molecular complexity index is 1990. The topological polar surface area (TPSA) is 89.5 Å². The highest BCUT2D eigenvalue weighted by atomic mass is 16.6. The Morgan fingerprint density at radius 3 is 1.98 bits per heavy atom. The van der Waals surface area contributed by atoms with Crippen molar-refractivity contribution in [1.82, 2.24) is 0 Å². The number of carbonyl (C=O) groups excluding carboxylic acids is 2. The Kier molecular flexibility index (Phi) is 10.1. The summed E-state index contributed by atoms with van der Waals surface area (Å²) < 4.78 is 34.5. The van der Waals surface area contributed by atoms with Crippen molar-refractivity contribution < 1.29 is 38.0 Å². The third-order valence-electron chi connectivity index (χ3n) is 9.20. The number of ether oxygens (including phenoxy) is 6. The lowest BCUT2D eigenvalue weighted by molar-refractivity contribution is -0.150. The van der Waals surface area contributed by atoms with Crippen LogP contribution in [0.5, 0.6) is 23.0 Å². The van der Waals surface area contributed by atoms with Crippen LogP contribution >= 0.6 is 0 Å². The molecule has 5 aromatic carbocycles. The van der Waals surface area contributed by atoms with Crippen molar-refractivity contribution in [3.63, 3.8) is 0 Å². The Morgan fingerprint density at radius 1 is 0.620 bits per heavy atom. The summed E-state index contributed by atoms with van der Waals surface area (Å²) in [4.78, 5) is 24.8. The minimum absolute atomic E-state index is 0.0814. The zero-order chi connectivity index (χ0) is 34.3. The number of carbonyl (C=O) groups is 2. The van der Waals surface area contributed by atoms with Crippen molar-refractivity contribution in [1.29, 1.82) is 0 Å². The van der Waals surface area contributed by atoms with Gasteiger partial charge in [-0.25, -0.2) is 4.79 Å². The van der Waals surface area contributed by atoms with E-state index in [1.807, 2.05) is 78.9 Å². The van der Waals surface area contributed by atoms with Gasteiger partial charge in [0.05, 0.1) is 19.1 Å². The zero-order valence-corrected chi connectivity index (χ0v) is 27.6. The summed E-state index contributed by atoms with van der Waals surface area (Å²) in [5.74, 6) is 1.99. The molecule has 254 valence electrons. The van der Waals surface area contributed by atoms with Crippen LogP contribution in [-0.2, 0) is 23.8 Å². The van der Waals surface area contributed by atoms with Gasteiger partial charge in [-0.2, -0.15) is 0 Å². The summed E-state index contributed by atoms with van der Waals surface area (Å²) in [6, 6.07) is 36.0. The minimum atomic E-state index is -0.477. The van der Waals surface area contributed by atoms with Gasteiger partial charge in [0.25, 0.3) is 0 Å². The molecular weight excluding hydrogens is 632 g/mol. The van der Waals surface area contributed by atoms with Gasteiger partial charge in [0.1, 0.15) is 49.4 Å². The molecule has 0 saturated heterocycles. The fourth-order valence-corrected chi connectivity index (χ4v) is 7.05. The van der Waals surface area contributed by atoms with Crippen LogP contribution in [0.15, 0.2) is 122 Å². The van der Waals surface area contributed by atoms with Crippen LogP contribution in [0.1, 0.15) is 40.5 Å².